The lowest BCUT2D eigenvalue weighted by Gasteiger charge is -2.32. The average Bonchev–Trinajstić information content (AvgIpc) is 3.37. The Labute approximate surface area is 153 Å². The standard InChI is InChI=1S/C21H22ClNO2/c1-14(25-20-9-5-4-8-18(20)22)21(24)23(16-11-12-16)19-13-10-15-6-2-3-7-17(15)19/h2-9,14,16,19H,10-13H2,1H3. The molecule has 0 N–H and O–H groups in total. The summed E-state index contributed by atoms with van der Waals surface area (Å²) in [6.07, 6.45) is 3.66. The minimum absolute atomic E-state index is 0.0594. The molecule has 0 radical (unpaired) electrons. The Bertz CT molecular complexity index is 787. The van der Waals surface area contributed by atoms with Gasteiger partial charge in [-0.05, 0) is 55.9 Å². The van der Waals surface area contributed by atoms with Crippen LogP contribution in [0.25, 0.3) is 0 Å². The van der Waals surface area contributed by atoms with Gasteiger partial charge in [0.1, 0.15) is 5.75 Å². The Kier molecular flexibility index (Phi) is 4.43. The Morgan fingerprint density at radius 3 is 2.60 bits per heavy atom. The van der Waals surface area contributed by atoms with E-state index in [0.29, 0.717) is 16.8 Å². The van der Waals surface area contributed by atoms with Crippen molar-refractivity contribution < 1.29 is 9.53 Å². The fourth-order valence-corrected chi connectivity index (χ4v) is 3.94. The summed E-state index contributed by atoms with van der Waals surface area (Å²) in [6.45, 7) is 1.82. The Hall–Kier alpha value is -2.00. The highest BCUT2D eigenvalue weighted by Gasteiger charge is 2.42. The van der Waals surface area contributed by atoms with Gasteiger partial charge in [-0.1, -0.05) is 48.0 Å². The molecule has 3 nitrogen and oxygen atoms in total. The monoisotopic (exact) mass is 355 g/mol. The third kappa shape index (κ3) is 3.25. The summed E-state index contributed by atoms with van der Waals surface area (Å²) in [5.41, 5.74) is 2.67. The molecule has 1 amide bonds. The average molecular weight is 356 g/mol. The topological polar surface area (TPSA) is 29.5 Å². The van der Waals surface area contributed by atoms with Crippen LogP contribution in [-0.2, 0) is 11.2 Å². The number of carbonyl (C=O) groups is 1. The van der Waals surface area contributed by atoms with E-state index < -0.39 is 6.10 Å². The van der Waals surface area contributed by atoms with Crippen LogP contribution in [0.5, 0.6) is 5.75 Å². The summed E-state index contributed by atoms with van der Waals surface area (Å²) in [7, 11) is 0. The molecule has 0 heterocycles. The smallest absolute Gasteiger partial charge is 0.264 e. The van der Waals surface area contributed by atoms with E-state index in [1.165, 1.54) is 11.1 Å². The predicted octanol–water partition coefficient (Wildman–Crippen LogP) is 4.79. The van der Waals surface area contributed by atoms with Crippen LogP contribution in [0, 0.1) is 0 Å². The fourth-order valence-electron chi connectivity index (χ4n) is 3.76. The normalized spacial score (nSPS) is 20.0. The molecule has 2 aliphatic carbocycles. The first-order valence-corrected chi connectivity index (χ1v) is 9.34. The van der Waals surface area contributed by atoms with E-state index in [2.05, 4.69) is 29.2 Å². The SMILES string of the molecule is CC(Oc1ccccc1Cl)C(=O)N(C1CC1)C1CCc2ccccc21. The maximum absolute atomic E-state index is 13.2. The number of carbonyl (C=O) groups excluding carboxylic acids is 1. The van der Waals surface area contributed by atoms with Gasteiger partial charge in [-0.25, -0.2) is 0 Å². The molecule has 0 aromatic heterocycles. The van der Waals surface area contributed by atoms with Crippen molar-refractivity contribution in [1.82, 2.24) is 4.90 Å². The van der Waals surface area contributed by atoms with Gasteiger partial charge in [-0.2, -0.15) is 0 Å². The van der Waals surface area contributed by atoms with Crippen LogP contribution in [0.1, 0.15) is 43.4 Å². The largest absolute Gasteiger partial charge is 0.479 e. The van der Waals surface area contributed by atoms with Gasteiger partial charge in [0.05, 0.1) is 11.1 Å². The molecule has 25 heavy (non-hydrogen) atoms. The summed E-state index contributed by atoms with van der Waals surface area (Å²) >= 11 is 6.17. The Morgan fingerprint density at radius 2 is 1.84 bits per heavy atom. The molecule has 0 saturated heterocycles. The molecule has 0 bridgehead atoms. The molecule has 2 atom stereocenters. The zero-order valence-corrected chi connectivity index (χ0v) is 15.1. The number of halogens is 1. The summed E-state index contributed by atoms with van der Waals surface area (Å²) in [5.74, 6) is 0.622. The van der Waals surface area contributed by atoms with Crippen LogP contribution in [0.3, 0.4) is 0 Å². The van der Waals surface area contributed by atoms with Crippen molar-refractivity contribution in [3.05, 3.63) is 64.7 Å². The van der Waals surface area contributed by atoms with E-state index in [-0.39, 0.29) is 11.9 Å². The number of hydrogen-bond acceptors (Lipinski definition) is 2. The number of hydrogen-bond donors (Lipinski definition) is 0. The number of ether oxygens (including phenoxy) is 1. The van der Waals surface area contributed by atoms with Gasteiger partial charge in [-0.3, -0.25) is 4.79 Å². The number of aryl methyl sites for hydroxylation is 1. The van der Waals surface area contributed by atoms with Gasteiger partial charge in [0.25, 0.3) is 5.91 Å². The van der Waals surface area contributed by atoms with Gasteiger partial charge in [0.2, 0.25) is 0 Å². The zero-order valence-electron chi connectivity index (χ0n) is 14.3. The second kappa shape index (κ2) is 6.72. The molecule has 2 aliphatic rings. The van der Waals surface area contributed by atoms with Crippen LogP contribution >= 0.6 is 11.6 Å². The number of para-hydroxylation sites is 1. The first kappa shape index (κ1) is 16.5. The van der Waals surface area contributed by atoms with Crippen molar-refractivity contribution in [3.8, 4) is 5.75 Å². The van der Waals surface area contributed by atoms with E-state index in [4.69, 9.17) is 16.3 Å². The summed E-state index contributed by atoms with van der Waals surface area (Å²) in [6, 6.07) is 16.3. The molecule has 1 saturated carbocycles. The lowest BCUT2D eigenvalue weighted by Crippen LogP contribution is -2.43. The first-order chi connectivity index (χ1) is 12.1. The number of rotatable bonds is 5. The molecule has 130 valence electrons. The van der Waals surface area contributed by atoms with Gasteiger partial charge in [0, 0.05) is 6.04 Å². The van der Waals surface area contributed by atoms with Crippen molar-refractivity contribution in [2.24, 2.45) is 0 Å². The summed E-state index contributed by atoms with van der Waals surface area (Å²) in [4.78, 5) is 15.3. The van der Waals surface area contributed by atoms with Gasteiger partial charge < -0.3 is 9.64 Å². The number of amides is 1. The highest BCUT2D eigenvalue weighted by Crippen LogP contribution is 2.42. The highest BCUT2D eigenvalue weighted by atomic mass is 35.5. The third-order valence-corrected chi connectivity index (χ3v) is 5.43. The van der Waals surface area contributed by atoms with Crippen LogP contribution in [-0.4, -0.2) is 23.0 Å². The molecule has 2 aromatic carbocycles. The van der Waals surface area contributed by atoms with Gasteiger partial charge in [0.15, 0.2) is 6.10 Å². The van der Waals surface area contributed by atoms with Crippen LogP contribution in [0.15, 0.2) is 48.5 Å². The maximum atomic E-state index is 13.2. The summed E-state index contributed by atoms with van der Waals surface area (Å²) < 4.78 is 5.89. The quantitative estimate of drug-likeness (QED) is 0.772. The second-order valence-corrected chi connectivity index (χ2v) is 7.33. The predicted molar refractivity (Wildman–Crippen MR) is 98.9 cm³/mol. The van der Waals surface area contributed by atoms with E-state index in [9.17, 15) is 4.79 Å². The third-order valence-electron chi connectivity index (χ3n) is 5.12. The van der Waals surface area contributed by atoms with Crippen LogP contribution in [0.4, 0.5) is 0 Å². The first-order valence-electron chi connectivity index (χ1n) is 8.96. The van der Waals surface area contributed by atoms with E-state index >= 15 is 0 Å². The fraction of sp³-hybridized carbons (Fsp3) is 0.381. The van der Waals surface area contributed by atoms with E-state index in [1.807, 2.05) is 19.1 Å². The minimum atomic E-state index is -0.548. The van der Waals surface area contributed by atoms with E-state index in [0.717, 1.165) is 25.7 Å². The van der Waals surface area contributed by atoms with Gasteiger partial charge >= 0.3 is 0 Å². The molecule has 0 spiro atoms. The van der Waals surface area contributed by atoms with Crippen LogP contribution in [0.2, 0.25) is 5.02 Å². The Balaban J connectivity index is 1.55. The van der Waals surface area contributed by atoms with Gasteiger partial charge in [-0.15, -0.1) is 0 Å². The number of fused-ring (bicyclic) bond motifs is 1. The van der Waals surface area contributed by atoms with Crippen LogP contribution < -0.4 is 4.74 Å². The van der Waals surface area contributed by atoms with E-state index in [1.54, 1.807) is 12.1 Å². The molecule has 0 aliphatic heterocycles. The second-order valence-electron chi connectivity index (χ2n) is 6.92. The highest BCUT2D eigenvalue weighted by molar-refractivity contribution is 6.32. The molecule has 2 unspecified atom stereocenters. The summed E-state index contributed by atoms with van der Waals surface area (Å²) in [5, 5.41) is 0.534. The number of nitrogens with zero attached hydrogens (tertiary/aromatic N) is 1. The zero-order chi connectivity index (χ0) is 17.4. The molecule has 2 aromatic rings. The molecule has 4 heteroatoms. The van der Waals surface area contributed by atoms with Crippen molar-refractivity contribution in [2.45, 2.75) is 50.8 Å². The lowest BCUT2D eigenvalue weighted by molar-refractivity contribution is -0.141. The molecular formula is C21H22ClNO2. The molecular weight excluding hydrogens is 334 g/mol. The lowest BCUT2D eigenvalue weighted by atomic mass is 10.1. The van der Waals surface area contributed by atoms with Crippen molar-refractivity contribution in [1.29, 1.82) is 0 Å². The maximum Gasteiger partial charge on any atom is 0.264 e. The minimum Gasteiger partial charge on any atom is -0.479 e. The van der Waals surface area contributed by atoms with Crippen molar-refractivity contribution in [2.75, 3.05) is 0 Å². The molecule has 1 fully saturated rings. The van der Waals surface area contributed by atoms with Crippen molar-refractivity contribution >= 4 is 17.5 Å². The van der Waals surface area contributed by atoms with Crippen molar-refractivity contribution in [3.63, 3.8) is 0 Å². The number of benzene rings is 2. The Morgan fingerprint density at radius 1 is 1.12 bits per heavy atom. The molecule has 4 rings (SSSR count).